The van der Waals surface area contributed by atoms with Crippen LogP contribution in [0.2, 0.25) is 15.1 Å². The third kappa shape index (κ3) is 3.73. The fourth-order valence-corrected chi connectivity index (χ4v) is 2.90. The maximum Gasteiger partial charge on any atom is 0.257 e. The molecule has 2 aromatic rings. The third-order valence-corrected chi connectivity index (χ3v) is 5.07. The number of carbonyl (C=O) groups is 1. The summed E-state index contributed by atoms with van der Waals surface area (Å²) in [6, 6.07) is 8.67. The van der Waals surface area contributed by atoms with Crippen LogP contribution in [-0.2, 0) is 9.84 Å². The average Bonchev–Trinajstić information content (AvgIpc) is 2.43. The van der Waals surface area contributed by atoms with E-state index < -0.39 is 15.7 Å². The molecule has 0 unspecified atom stereocenters. The van der Waals surface area contributed by atoms with Gasteiger partial charge < -0.3 is 5.32 Å². The highest BCUT2D eigenvalue weighted by Gasteiger charge is 2.16. The normalized spacial score (nSPS) is 11.3. The van der Waals surface area contributed by atoms with Crippen LogP contribution in [0.3, 0.4) is 0 Å². The average molecular weight is 379 g/mol. The summed E-state index contributed by atoms with van der Waals surface area (Å²) >= 11 is 17.8. The van der Waals surface area contributed by atoms with Crippen molar-refractivity contribution in [2.75, 3.05) is 11.6 Å². The summed E-state index contributed by atoms with van der Waals surface area (Å²) in [5, 5.41) is 3.09. The van der Waals surface area contributed by atoms with E-state index in [2.05, 4.69) is 5.32 Å². The summed E-state index contributed by atoms with van der Waals surface area (Å²) in [7, 11) is -3.41. The lowest BCUT2D eigenvalue weighted by atomic mass is 10.2. The van der Waals surface area contributed by atoms with Gasteiger partial charge in [-0.3, -0.25) is 4.79 Å². The van der Waals surface area contributed by atoms with Crippen LogP contribution >= 0.6 is 34.8 Å². The van der Waals surface area contributed by atoms with Gasteiger partial charge in [0.1, 0.15) is 0 Å². The molecule has 1 amide bonds. The Hall–Kier alpha value is -1.27. The molecular weight excluding hydrogens is 369 g/mol. The van der Waals surface area contributed by atoms with Gasteiger partial charge in [-0.2, -0.15) is 0 Å². The Morgan fingerprint density at radius 1 is 1.05 bits per heavy atom. The first kappa shape index (κ1) is 17.1. The van der Waals surface area contributed by atoms with E-state index in [-0.39, 0.29) is 31.2 Å². The van der Waals surface area contributed by atoms with Crippen LogP contribution in [-0.4, -0.2) is 20.6 Å². The van der Waals surface area contributed by atoms with Gasteiger partial charge in [0.2, 0.25) is 0 Å². The number of anilines is 1. The highest BCUT2D eigenvalue weighted by Crippen LogP contribution is 2.29. The minimum atomic E-state index is -3.41. The standard InChI is InChI=1S/C14H10Cl3NO3S/c1-22(20,21)8-5-6-10(15)12(7-8)18-14(19)9-3-2-4-11(16)13(9)17/h2-7H,1H3,(H,18,19). The van der Waals surface area contributed by atoms with E-state index in [1.54, 1.807) is 12.1 Å². The summed E-state index contributed by atoms with van der Waals surface area (Å²) in [6.07, 6.45) is 1.07. The molecular formula is C14H10Cl3NO3S. The first-order valence-electron chi connectivity index (χ1n) is 5.95. The van der Waals surface area contributed by atoms with Crippen LogP contribution in [0.1, 0.15) is 10.4 Å². The maximum atomic E-state index is 12.2. The molecule has 116 valence electrons. The molecule has 0 aliphatic carbocycles. The summed E-state index contributed by atoms with van der Waals surface area (Å²) < 4.78 is 23.1. The van der Waals surface area contributed by atoms with Gasteiger partial charge in [-0.1, -0.05) is 40.9 Å². The number of amides is 1. The second-order valence-corrected chi connectivity index (χ2v) is 7.68. The number of sulfone groups is 1. The fraction of sp³-hybridized carbons (Fsp3) is 0.0714. The molecule has 0 saturated heterocycles. The number of hydrogen-bond donors (Lipinski definition) is 1. The van der Waals surface area contributed by atoms with Crippen molar-refractivity contribution in [2.45, 2.75) is 4.90 Å². The van der Waals surface area contributed by atoms with Crippen molar-refractivity contribution >= 4 is 56.2 Å². The quantitative estimate of drug-likeness (QED) is 0.866. The highest BCUT2D eigenvalue weighted by molar-refractivity contribution is 7.90. The summed E-state index contributed by atoms with van der Waals surface area (Å²) in [6.45, 7) is 0. The van der Waals surface area contributed by atoms with Crippen molar-refractivity contribution in [3.05, 3.63) is 57.0 Å². The summed E-state index contributed by atoms with van der Waals surface area (Å²) in [4.78, 5) is 12.3. The number of hydrogen-bond acceptors (Lipinski definition) is 3. The van der Waals surface area contributed by atoms with Crippen LogP contribution in [0.15, 0.2) is 41.3 Å². The van der Waals surface area contributed by atoms with E-state index in [0.29, 0.717) is 0 Å². The van der Waals surface area contributed by atoms with Gasteiger partial charge >= 0.3 is 0 Å². The first-order valence-corrected chi connectivity index (χ1v) is 8.97. The molecule has 0 aliphatic rings. The van der Waals surface area contributed by atoms with E-state index in [1.807, 2.05) is 0 Å². The minimum absolute atomic E-state index is 0.0457. The van der Waals surface area contributed by atoms with E-state index in [0.717, 1.165) is 6.26 Å². The molecule has 0 radical (unpaired) electrons. The molecule has 0 aliphatic heterocycles. The lowest BCUT2D eigenvalue weighted by Gasteiger charge is -2.10. The molecule has 0 heterocycles. The van der Waals surface area contributed by atoms with Crippen LogP contribution in [0.5, 0.6) is 0 Å². The molecule has 22 heavy (non-hydrogen) atoms. The van der Waals surface area contributed by atoms with Crippen molar-refractivity contribution in [1.82, 2.24) is 0 Å². The van der Waals surface area contributed by atoms with Gasteiger partial charge in [0.05, 0.1) is 31.2 Å². The Bertz CT molecular complexity index is 850. The molecule has 0 spiro atoms. The molecule has 0 atom stereocenters. The topological polar surface area (TPSA) is 63.2 Å². The minimum Gasteiger partial charge on any atom is -0.321 e. The number of benzene rings is 2. The lowest BCUT2D eigenvalue weighted by Crippen LogP contribution is -2.13. The number of carbonyl (C=O) groups excluding carboxylic acids is 1. The van der Waals surface area contributed by atoms with Gasteiger partial charge in [0, 0.05) is 6.26 Å². The maximum absolute atomic E-state index is 12.2. The fourth-order valence-electron chi connectivity index (χ4n) is 1.70. The molecule has 4 nitrogen and oxygen atoms in total. The van der Waals surface area contributed by atoms with E-state index in [9.17, 15) is 13.2 Å². The van der Waals surface area contributed by atoms with Crippen molar-refractivity contribution in [2.24, 2.45) is 0 Å². The smallest absolute Gasteiger partial charge is 0.257 e. The highest BCUT2D eigenvalue weighted by atomic mass is 35.5. The Morgan fingerprint density at radius 3 is 2.36 bits per heavy atom. The Labute approximate surface area is 142 Å². The largest absolute Gasteiger partial charge is 0.321 e. The molecule has 0 saturated carbocycles. The predicted octanol–water partition coefficient (Wildman–Crippen LogP) is 4.30. The molecule has 0 aromatic heterocycles. The molecule has 0 fully saturated rings. The number of halogens is 3. The zero-order valence-corrected chi connectivity index (χ0v) is 14.3. The molecule has 2 aromatic carbocycles. The van der Waals surface area contributed by atoms with Crippen molar-refractivity contribution in [1.29, 1.82) is 0 Å². The second-order valence-electron chi connectivity index (χ2n) is 4.47. The predicted molar refractivity (Wildman–Crippen MR) is 89.0 cm³/mol. The van der Waals surface area contributed by atoms with Crippen LogP contribution in [0.25, 0.3) is 0 Å². The van der Waals surface area contributed by atoms with Gasteiger partial charge in [0.15, 0.2) is 9.84 Å². The molecule has 2 rings (SSSR count). The van der Waals surface area contributed by atoms with Crippen molar-refractivity contribution in [3.63, 3.8) is 0 Å². The van der Waals surface area contributed by atoms with Crippen molar-refractivity contribution in [3.8, 4) is 0 Å². The first-order chi connectivity index (χ1) is 10.2. The SMILES string of the molecule is CS(=O)(=O)c1ccc(Cl)c(NC(=O)c2cccc(Cl)c2Cl)c1. The summed E-state index contributed by atoms with van der Waals surface area (Å²) in [5.41, 5.74) is 0.334. The summed E-state index contributed by atoms with van der Waals surface area (Å²) in [5.74, 6) is -0.542. The lowest BCUT2D eigenvalue weighted by molar-refractivity contribution is 0.102. The second kappa shape index (κ2) is 6.46. The molecule has 0 bridgehead atoms. The Morgan fingerprint density at radius 2 is 1.73 bits per heavy atom. The zero-order valence-electron chi connectivity index (χ0n) is 11.2. The van der Waals surface area contributed by atoms with Gasteiger partial charge in [0.25, 0.3) is 5.91 Å². The van der Waals surface area contributed by atoms with Gasteiger partial charge in [-0.25, -0.2) is 8.42 Å². The Kier molecular flexibility index (Phi) is 5.02. The third-order valence-electron chi connectivity index (χ3n) is 2.81. The van der Waals surface area contributed by atoms with E-state index >= 15 is 0 Å². The van der Waals surface area contributed by atoms with E-state index in [1.165, 1.54) is 24.3 Å². The number of rotatable bonds is 3. The molecule has 8 heteroatoms. The zero-order chi connectivity index (χ0) is 16.5. The number of nitrogens with one attached hydrogen (secondary N) is 1. The van der Waals surface area contributed by atoms with Crippen molar-refractivity contribution < 1.29 is 13.2 Å². The monoisotopic (exact) mass is 377 g/mol. The van der Waals surface area contributed by atoms with Gasteiger partial charge in [-0.05, 0) is 30.3 Å². The van der Waals surface area contributed by atoms with Gasteiger partial charge in [-0.15, -0.1) is 0 Å². The Balaban J connectivity index is 2.38. The van der Waals surface area contributed by atoms with Crippen LogP contribution < -0.4 is 5.32 Å². The van der Waals surface area contributed by atoms with Crippen LogP contribution in [0.4, 0.5) is 5.69 Å². The molecule has 1 N–H and O–H groups in total. The van der Waals surface area contributed by atoms with E-state index in [4.69, 9.17) is 34.8 Å². The van der Waals surface area contributed by atoms with Crippen LogP contribution in [0, 0.1) is 0 Å².